The average molecular weight is 323 g/mol. The van der Waals surface area contributed by atoms with Gasteiger partial charge in [0, 0.05) is 16.1 Å². The molecule has 0 aliphatic carbocycles. The van der Waals surface area contributed by atoms with Crippen LogP contribution in [-0.2, 0) is 6.61 Å². The summed E-state index contributed by atoms with van der Waals surface area (Å²) in [7, 11) is 0. The van der Waals surface area contributed by atoms with Crippen molar-refractivity contribution in [1.82, 2.24) is 0 Å². The van der Waals surface area contributed by atoms with E-state index >= 15 is 0 Å². The smallest absolute Gasteiger partial charge is 0.129 e. The van der Waals surface area contributed by atoms with Crippen LogP contribution < -0.4 is 4.74 Å². The minimum atomic E-state index is -0.333. The largest absolute Gasteiger partial charge is 0.489 e. The molecule has 0 aliphatic heterocycles. The molecule has 0 amide bonds. The fraction of sp³-hybridized carbons (Fsp3) is 0.176. The van der Waals surface area contributed by atoms with Crippen LogP contribution >= 0.6 is 23.2 Å². The van der Waals surface area contributed by atoms with E-state index in [4.69, 9.17) is 27.9 Å². The molecule has 0 heterocycles. The lowest BCUT2D eigenvalue weighted by atomic mass is 10.1. The summed E-state index contributed by atoms with van der Waals surface area (Å²) in [5.74, 6) is 6.39. The highest BCUT2D eigenvalue weighted by molar-refractivity contribution is 6.30. The Morgan fingerprint density at radius 1 is 1.19 bits per heavy atom. The molecule has 0 bridgehead atoms. The Bertz CT molecular complexity index is 702. The van der Waals surface area contributed by atoms with Crippen molar-refractivity contribution >= 4 is 23.2 Å². The third kappa shape index (κ3) is 4.39. The molecule has 2 rings (SSSR count). The zero-order chi connectivity index (χ0) is 15.2. The summed E-state index contributed by atoms with van der Waals surface area (Å²) in [6.07, 6.45) is 0. The van der Waals surface area contributed by atoms with Gasteiger partial charge in [-0.25, -0.2) is 4.39 Å². The van der Waals surface area contributed by atoms with Gasteiger partial charge in [0.25, 0.3) is 0 Å². The second kappa shape index (κ2) is 7.36. The van der Waals surface area contributed by atoms with E-state index in [1.807, 2.05) is 19.1 Å². The Kier molecular flexibility index (Phi) is 5.50. The maximum Gasteiger partial charge on any atom is 0.129 e. The van der Waals surface area contributed by atoms with Gasteiger partial charge in [0.2, 0.25) is 0 Å². The predicted octanol–water partition coefficient (Wildman–Crippen LogP) is 4.96. The van der Waals surface area contributed by atoms with Gasteiger partial charge >= 0.3 is 0 Å². The number of benzene rings is 2. The zero-order valence-corrected chi connectivity index (χ0v) is 12.9. The molecular weight excluding hydrogens is 310 g/mol. The summed E-state index contributed by atoms with van der Waals surface area (Å²) >= 11 is 11.4. The number of ether oxygens (including phenoxy) is 1. The van der Waals surface area contributed by atoms with Crippen molar-refractivity contribution in [3.63, 3.8) is 0 Å². The molecule has 0 atom stereocenters. The van der Waals surface area contributed by atoms with Crippen LogP contribution in [0.3, 0.4) is 0 Å². The molecule has 1 nitrogen and oxygen atoms in total. The monoisotopic (exact) mass is 322 g/mol. The average Bonchev–Trinajstić information content (AvgIpc) is 2.47. The highest BCUT2D eigenvalue weighted by atomic mass is 35.5. The Balaban J connectivity index is 2.10. The molecule has 108 valence electrons. The molecule has 4 heteroatoms. The summed E-state index contributed by atoms with van der Waals surface area (Å²) < 4.78 is 19.2. The van der Waals surface area contributed by atoms with E-state index in [0.29, 0.717) is 22.2 Å². The van der Waals surface area contributed by atoms with Crippen LogP contribution in [0.2, 0.25) is 5.02 Å². The first-order valence-electron chi connectivity index (χ1n) is 6.32. The van der Waals surface area contributed by atoms with Crippen LogP contribution in [-0.4, -0.2) is 5.88 Å². The van der Waals surface area contributed by atoms with E-state index in [-0.39, 0.29) is 12.4 Å². The van der Waals surface area contributed by atoms with Gasteiger partial charge in [-0.1, -0.05) is 23.4 Å². The molecule has 0 unspecified atom stereocenters. The lowest BCUT2D eigenvalue weighted by Gasteiger charge is -2.09. The Labute approximate surface area is 133 Å². The quantitative estimate of drug-likeness (QED) is 0.573. The van der Waals surface area contributed by atoms with Gasteiger partial charge in [-0.3, -0.25) is 0 Å². The Morgan fingerprint density at radius 2 is 2.00 bits per heavy atom. The van der Waals surface area contributed by atoms with Gasteiger partial charge in [0.1, 0.15) is 18.2 Å². The van der Waals surface area contributed by atoms with Crippen molar-refractivity contribution in [2.24, 2.45) is 0 Å². The molecule has 2 aromatic rings. The van der Waals surface area contributed by atoms with Crippen molar-refractivity contribution in [3.8, 4) is 17.6 Å². The molecule has 21 heavy (non-hydrogen) atoms. The number of hydrogen-bond donors (Lipinski definition) is 0. The third-order valence-electron chi connectivity index (χ3n) is 2.89. The van der Waals surface area contributed by atoms with E-state index in [1.165, 1.54) is 12.1 Å². The van der Waals surface area contributed by atoms with E-state index in [9.17, 15) is 4.39 Å². The first kappa shape index (κ1) is 15.7. The van der Waals surface area contributed by atoms with Gasteiger partial charge < -0.3 is 4.74 Å². The second-order valence-electron chi connectivity index (χ2n) is 4.44. The first-order chi connectivity index (χ1) is 10.1. The zero-order valence-electron chi connectivity index (χ0n) is 11.4. The van der Waals surface area contributed by atoms with Crippen LogP contribution in [0, 0.1) is 24.6 Å². The summed E-state index contributed by atoms with van der Waals surface area (Å²) in [4.78, 5) is 0. The topological polar surface area (TPSA) is 9.23 Å². The SMILES string of the molecule is Cc1cc(OCc2cc(Cl)ccc2F)ccc1C#CCCl. The van der Waals surface area contributed by atoms with Gasteiger partial charge in [0.05, 0.1) is 5.88 Å². The van der Waals surface area contributed by atoms with Crippen LogP contribution in [0.5, 0.6) is 5.75 Å². The molecule has 0 aromatic heterocycles. The Morgan fingerprint density at radius 3 is 2.71 bits per heavy atom. The molecule has 0 spiro atoms. The van der Waals surface area contributed by atoms with E-state index in [0.717, 1.165) is 11.1 Å². The van der Waals surface area contributed by atoms with E-state index in [2.05, 4.69) is 11.8 Å². The summed E-state index contributed by atoms with van der Waals surface area (Å²) in [6.45, 7) is 2.06. The molecule has 0 radical (unpaired) electrons. The van der Waals surface area contributed by atoms with Crippen LogP contribution in [0.15, 0.2) is 36.4 Å². The molecule has 0 fully saturated rings. The highest BCUT2D eigenvalue weighted by Crippen LogP contribution is 2.20. The number of rotatable bonds is 3. The highest BCUT2D eigenvalue weighted by Gasteiger charge is 2.05. The third-order valence-corrected chi connectivity index (χ3v) is 3.26. The summed E-state index contributed by atoms with van der Waals surface area (Å²) in [5, 5.41) is 0.484. The molecule has 0 N–H and O–H groups in total. The van der Waals surface area contributed by atoms with Crippen molar-refractivity contribution in [1.29, 1.82) is 0 Å². The Hall–Kier alpha value is -1.69. The van der Waals surface area contributed by atoms with Crippen molar-refractivity contribution < 1.29 is 9.13 Å². The van der Waals surface area contributed by atoms with Gasteiger partial charge in [-0.05, 0) is 48.9 Å². The van der Waals surface area contributed by atoms with Gasteiger partial charge in [-0.15, -0.1) is 11.6 Å². The maximum absolute atomic E-state index is 13.6. The maximum atomic E-state index is 13.6. The molecule has 0 saturated carbocycles. The minimum absolute atomic E-state index is 0.124. The van der Waals surface area contributed by atoms with E-state index in [1.54, 1.807) is 12.1 Å². The molecule has 0 aliphatic rings. The fourth-order valence-corrected chi connectivity index (χ4v) is 2.07. The number of hydrogen-bond acceptors (Lipinski definition) is 1. The second-order valence-corrected chi connectivity index (χ2v) is 5.14. The standard InChI is InChI=1S/C17H13Cl2FO/c1-12-9-16(6-4-13(12)3-2-8-18)21-11-14-10-15(19)5-7-17(14)20/h4-7,9-10H,8,11H2,1H3. The molecule has 2 aromatic carbocycles. The number of aryl methyl sites for hydroxylation is 1. The predicted molar refractivity (Wildman–Crippen MR) is 84.5 cm³/mol. The minimum Gasteiger partial charge on any atom is -0.489 e. The van der Waals surface area contributed by atoms with Crippen LogP contribution in [0.4, 0.5) is 4.39 Å². The summed E-state index contributed by atoms with van der Waals surface area (Å²) in [6, 6.07) is 9.92. The van der Waals surface area contributed by atoms with Crippen LogP contribution in [0.25, 0.3) is 0 Å². The molecule has 0 saturated heterocycles. The van der Waals surface area contributed by atoms with Gasteiger partial charge in [-0.2, -0.15) is 0 Å². The van der Waals surface area contributed by atoms with E-state index < -0.39 is 0 Å². The van der Waals surface area contributed by atoms with Crippen molar-refractivity contribution in [2.45, 2.75) is 13.5 Å². The lowest BCUT2D eigenvalue weighted by molar-refractivity contribution is 0.299. The van der Waals surface area contributed by atoms with Crippen molar-refractivity contribution in [2.75, 3.05) is 5.88 Å². The first-order valence-corrected chi connectivity index (χ1v) is 7.23. The normalized spacial score (nSPS) is 9.90. The summed E-state index contributed by atoms with van der Waals surface area (Å²) in [5.41, 5.74) is 2.31. The number of halogens is 3. The lowest BCUT2D eigenvalue weighted by Crippen LogP contribution is -1.99. The molecular formula is C17H13Cl2FO. The van der Waals surface area contributed by atoms with Crippen molar-refractivity contribution in [3.05, 3.63) is 63.9 Å². The van der Waals surface area contributed by atoms with Crippen LogP contribution in [0.1, 0.15) is 16.7 Å². The fourth-order valence-electron chi connectivity index (χ4n) is 1.81. The number of alkyl halides is 1. The van der Waals surface area contributed by atoms with Gasteiger partial charge in [0.15, 0.2) is 0 Å².